The van der Waals surface area contributed by atoms with Crippen LogP contribution in [0.3, 0.4) is 0 Å². The molecular formula is C15H16FN3O3S2. The van der Waals surface area contributed by atoms with E-state index in [1.807, 2.05) is 0 Å². The normalized spacial score (nSPS) is 18.6. The second kappa shape index (κ2) is 6.60. The number of sulfonamides is 1. The van der Waals surface area contributed by atoms with Crippen molar-refractivity contribution in [3.05, 3.63) is 52.7 Å². The molecule has 1 amide bonds. The van der Waals surface area contributed by atoms with Crippen molar-refractivity contribution in [2.75, 3.05) is 19.6 Å². The third-order valence-electron chi connectivity index (χ3n) is 3.84. The van der Waals surface area contributed by atoms with Crippen LogP contribution in [0.2, 0.25) is 0 Å². The molecule has 24 heavy (non-hydrogen) atoms. The van der Waals surface area contributed by atoms with Gasteiger partial charge in [-0.3, -0.25) is 4.79 Å². The number of halogens is 1. The molecular weight excluding hydrogens is 353 g/mol. The Morgan fingerprint density at radius 1 is 1.38 bits per heavy atom. The Balaban J connectivity index is 1.90. The van der Waals surface area contributed by atoms with E-state index in [9.17, 15) is 17.6 Å². The summed E-state index contributed by atoms with van der Waals surface area (Å²) >= 11 is 0.912. The molecule has 0 saturated carbocycles. The molecule has 1 aliphatic rings. The summed E-state index contributed by atoms with van der Waals surface area (Å²) in [5.41, 5.74) is 0.963. The molecule has 1 aromatic heterocycles. The summed E-state index contributed by atoms with van der Waals surface area (Å²) in [4.78, 5) is 14.4. The highest BCUT2D eigenvalue weighted by molar-refractivity contribution is 7.91. The molecule has 0 radical (unpaired) electrons. The summed E-state index contributed by atoms with van der Waals surface area (Å²) in [6.07, 6.45) is 0. The third kappa shape index (κ3) is 3.48. The zero-order chi connectivity index (χ0) is 17.3. The predicted octanol–water partition coefficient (Wildman–Crippen LogP) is 1.32. The molecule has 6 nitrogen and oxygen atoms in total. The zero-order valence-electron chi connectivity index (χ0n) is 12.6. The Hall–Kier alpha value is -1.81. The number of nitrogens with two attached hydrogens (primary N) is 1. The zero-order valence-corrected chi connectivity index (χ0v) is 14.2. The first-order chi connectivity index (χ1) is 11.4. The van der Waals surface area contributed by atoms with Crippen LogP contribution in [0.15, 0.2) is 39.9 Å². The van der Waals surface area contributed by atoms with Crippen LogP contribution in [0.4, 0.5) is 4.39 Å². The molecule has 0 bridgehead atoms. The molecule has 1 unspecified atom stereocenters. The Labute approximate surface area is 143 Å². The second-order valence-corrected chi connectivity index (χ2v) is 8.17. The van der Waals surface area contributed by atoms with Crippen molar-refractivity contribution in [3.8, 4) is 0 Å². The molecule has 0 spiro atoms. The van der Waals surface area contributed by atoms with Crippen LogP contribution in [-0.4, -0.2) is 38.9 Å². The van der Waals surface area contributed by atoms with E-state index in [0.29, 0.717) is 25.2 Å². The van der Waals surface area contributed by atoms with Crippen molar-refractivity contribution in [1.29, 1.82) is 0 Å². The molecule has 1 saturated heterocycles. The number of piperazine rings is 1. The van der Waals surface area contributed by atoms with Crippen molar-refractivity contribution in [2.45, 2.75) is 10.3 Å². The number of carbonyl (C=O) groups excluding carboxylic acids is 1. The smallest absolute Gasteiger partial charge is 0.255 e. The minimum atomic E-state index is -3.83. The van der Waals surface area contributed by atoms with E-state index in [2.05, 4.69) is 5.32 Å². The van der Waals surface area contributed by atoms with Crippen LogP contribution < -0.4 is 10.5 Å². The van der Waals surface area contributed by atoms with Crippen molar-refractivity contribution in [1.82, 2.24) is 10.2 Å². The molecule has 1 atom stereocenters. The summed E-state index contributed by atoms with van der Waals surface area (Å²) in [7, 11) is -3.83. The van der Waals surface area contributed by atoms with Gasteiger partial charge in [0.05, 0.1) is 11.6 Å². The molecule has 1 aliphatic heterocycles. The van der Waals surface area contributed by atoms with Crippen LogP contribution >= 0.6 is 11.3 Å². The summed E-state index contributed by atoms with van der Waals surface area (Å²) in [5.74, 6) is -0.658. The van der Waals surface area contributed by atoms with Gasteiger partial charge < -0.3 is 10.2 Å². The van der Waals surface area contributed by atoms with Gasteiger partial charge in [-0.25, -0.2) is 17.9 Å². The van der Waals surface area contributed by atoms with Crippen LogP contribution in [0.25, 0.3) is 0 Å². The highest BCUT2D eigenvalue weighted by Gasteiger charge is 2.29. The van der Waals surface area contributed by atoms with Gasteiger partial charge in [0.15, 0.2) is 0 Å². The maximum absolute atomic E-state index is 13.5. The average Bonchev–Trinajstić information content (AvgIpc) is 3.04. The van der Waals surface area contributed by atoms with Crippen molar-refractivity contribution in [2.24, 2.45) is 5.14 Å². The van der Waals surface area contributed by atoms with Gasteiger partial charge in [0, 0.05) is 25.0 Å². The van der Waals surface area contributed by atoms with Gasteiger partial charge in [0.25, 0.3) is 5.91 Å². The molecule has 9 heteroatoms. The fourth-order valence-electron chi connectivity index (χ4n) is 2.70. The average molecular weight is 369 g/mol. The van der Waals surface area contributed by atoms with Gasteiger partial charge >= 0.3 is 0 Å². The minimum Gasteiger partial charge on any atom is -0.329 e. The highest BCUT2D eigenvalue weighted by Crippen LogP contribution is 2.27. The van der Waals surface area contributed by atoms with E-state index < -0.39 is 10.0 Å². The minimum absolute atomic E-state index is 0.0525. The van der Waals surface area contributed by atoms with Gasteiger partial charge in [0.1, 0.15) is 10.0 Å². The number of primary sulfonamides is 1. The van der Waals surface area contributed by atoms with Crippen LogP contribution in [0, 0.1) is 5.82 Å². The number of thiophene rings is 1. The number of benzene rings is 1. The lowest BCUT2D eigenvalue weighted by atomic mass is 10.0. The van der Waals surface area contributed by atoms with Gasteiger partial charge in [-0.2, -0.15) is 0 Å². The van der Waals surface area contributed by atoms with E-state index >= 15 is 0 Å². The lowest BCUT2D eigenvalue weighted by Crippen LogP contribution is -2.48. The standard InChI is InChI=1S/C15H16FN3O3S2/c16-12-3-1-2-10(6-12)13-8-18-4-5-19(13)15(20)11-7-14(23-9-11)24(17,21)22/h1-3,6-7,9,13,18H,4-5,8H2,(H2,17,21,22). The molecule has 2 heterocycles. The number of nitrogens with one attached hydrogen (secondary N) is 1. The van der Waals surface area contributed by atoms with E-state index in [0.717, 1.165) is 11.3 Å². The fourth-order valence-corrected chi connectivity index (χ4v) is 4.28. The molecule has 2 aromatic rings. The summed E-state index contributed by atoms with van der Waals surface area (Å²) < 4.78 is 36.2. The van der Waals surface area contributed by atoms with E-state index in [1.54, 1.807) is 17.0 Å². The number of carbonyl (C=O) groups is 1. The van der Waals surface area contributed by atoms with Crippen molar-refractivity contribution < 1.29 is 17.6 Å². The molecule has 3 rings (SSSR count). The van der Waals surface area contributed by atoms with Gasteiger partial charge in [0.2, 0.25) is 10.0 Å². The maximum Gasteiger partial charge on any atom is 0.255 e. The first kappa shape index (κ1) is 17.0. The van der Waals surface area contributed by atoms with E-state index in [4.69, 9.17) is 5.14 Å². The summed E-state index contributed by atoms with van der Waals surface area (Å²) in [5, 5.41) is 9.76. The van der Waals surface area contributed by atoms with Gasteiger partial charge in [-0.05, 0) is 23.8 Å². The highest BCUT2D eigenvalue weighted by atomic mass is 32.2. The Morgan fingerprint density at radius 2 is 2.17 bits per heavy atom. The number of rotatable bonds is 3. The van der Waals surface area contributed by atoms with Crippen LogP contribution in [0.1, 0.15) is 22.0 Å². The Kier molecular flexibility index (Phi) is 4.68. The largest absolute Gasteiger partial charge is 0.329 e. The fraction of sp³-hybridized carbons (Fsp3) is 0.267. The molecule has 1 fully saturated rings. The van der Waals surface area contributed by atoms with Crippen LogP contribution in [0.5, 0.6) is 0 Å². The second-order valence-electron chi connectivity index (χ2n) is 5.47. The SMILES string of the molecule is NS(=O)(=O)c1cc(C(=O)N2CCNCC2c2cccc(F)c2)cs1. The van der Waals surface area contributed by atoms with E-state index in [-0.39, 0.29) is 27.5 Å². The van der Waals surface area contributed by atoms with Crippen molar-refractivity contribution in [3.63, 3.8) is 0 Å². The molecule has 1 aromatic carbocycles. The molecule has 128 valence electrons. The molecule has 3 N–H and O–H groups in total. The summed E-state index contributed by atoms with van der Waals surface area (Å²) in [6, 6.07) is 7.09. The number of hydrogen-bond acceptors (Lipinski definition) is 5. The van der Waals surface area contributed by atoms with E-state index in [1.165, 1.54) is 23.6 Å². The number of hydrogen-bond donors (Lipinski definition) is 2. The topological polar surface area (TPSA) is 92.5 Å². The molecule has 0 aliphatic carbocycles. The summed E-state index contributed by atoms with van der Waals surface area (Å²) in [6.45, 7) is 1.56. The Bertz CT molecular complexity index is 866. The van der Waals surface area contributed by atoms with Gasteiger partial charge in [-0.15, -0.1) is 11.3 Å². The predicted molar refractivity (Wildman–Crippen MR) is 88.7 cm³/mol. The quantitative estimate of drug-likeness (QED) is 0.853. The number of amides is 1. The van der Waals surface area contributed by atoms with Crippen molar-refractivity contribution >= 4 is 27.3 Å². The monoisotopic (exact) mass is 369 g/mol. The lowest BCUT2D eigenvalue weighted by molar-refractivity contribution is 0.0634. The lowest BCUT2D eigenvalue weighted by Gasteiger charge is -2.36. The number of nitrogens with zero attached hydrogens (tertiary/aromatic N) is 1. The maximum atomic E-state index is 13.5. The Morgan fingerprint density at radius 3 is 2.83 bits per heavy atom. The van der Waals surface area contributed by atoms with Crippen LogP contribution in [-0.2, 0) is 10.0 Å². The van der Waals surface area contributed by atoms with Gasteiger partial charge in [-0.1, -0.05) is 12.1 Å². The third-order valence-corrected chi connectivity index (χ3v) is 6.23. The first-order valence-electron chi connectivity index (χ1n) is 7.25. The first-order valence-corrected chi connectivity index (χ1v) is 9.67.